The summed E-state index contributed by atoms with van der Waals surface area (Å²) in [6, 6.07) is 8.38. The van der Waals surface area contributed by atoms with Crippen LogP contribution in [0.15, 0.2) is 35.3 Å². The second-order valence-corrected chi connectivity index (χ2v) is 9.97. The Labute approximate surface area is 213 Å². The molecule has 6 rings (SSSR count). The molecule has 2 aromatic heterocycles. The van der Waals surface area contributed by atoms with Crippen molar-refractivity contribution in [2.75, 3.05) is 18.0 Å². The highest BCUT2D eigenvalue weighted by molar-refractivity contribution is 6.31. The van der Waals surface area contributed by atoms with Crippen LogP contribution in [-0.4, -0.2) is 39.0 Å². The second-order valence-electron chi connectivity index (χ2n) is 9.57. The molecule has 2 fully saturated rings. The number of hydrogen-bond donors (Lipinski definition) is 2. The van der Waals surface area contributed by atoms with Gasteiger partial charge in [0.15, 0.2) is 5.82 Å². The van der Waals surface area contributed by atoms with Gasteiger partial charge in [-0.15, -0.1) is 0 Å². The molecular formula is C25H19ClF3N7O. The number of fused-ring (bicyclic) bond motifs is 1. The highest BCUT2D eigenvalue weighted by Crippen LogP contribution is 2.66. The number of H-pyrrole nitrogens is 1. The Hall–Kier alpha value is -3.88. The normalized spacial score (nSPS) is 17.2. The highest BCUT2D eigenvalue weighted by atomic mass is 35.5. The van der Waals surface area contributed by atoms with Crippen molar-refractivity contribution in [1.82, 2.24) is 20.0 Å². The van der Waals surface area contributed by atoms with Crippen molar-refractivity contribution in [3.8, 4) is 28.5 Å². The number of anilines is 1. The zero-order chi connectivity index (χ0) is 26.3. The zero-order valence-corrected chi connectivity index (χ0v) is 20.2. The molecular weight excluding hydrogens is 507 g/mol. The monoisotopic (exact) mass is 525 g/mol. The Kier molecular flexibility index (Phi) is 4.96. The van der Waals surface area contributed by atoms with Crippen molar-refractivity contribution in [3.63, 3.8) is 0 Å². The first-order valence-corrected chi connectivity index (χ1v) is 11.8. The molecule has 4 aromatic rings. The van der Waals surface area contributed by atoms with E-state index in [0.29, 0.717) is 33.3 Å². The van der Waals surface area contributed by atoms with Crippen LogP contribution in [0.2, 0.25) is 5.02 Å². The van der Waals surface area contributed by atoms with Crippen LogP contribution < -0.4 is 16.2 Å². The van der Waals surface area contributed by atoms with Crippen LogP contribution in [0.25, 0.3) is 33.2 Å². The van der Waals surface area contributed by atoms with Gasteiger partial charge in [0.25, 0.3) is 11.5 Å². The maximum Gasteiger partial charge on any atom is 0.272 e. The minimum Gasteiger partial charge on any atom is -0.369 e. The number of hydrogen-bond acceptors (Lipinski definition) is 6. The van der Waals surface area contributed by atoms with Gasteiger partial charge in [0, 0.05) is 44.1 Å². The van der Waals surface area contributed by atoms with Gasteiger partial charge in [0.1, 0.15) is 6.07 Å². The lowest BCUT2D eigenvalue weighted by atomic mass is 9.91. The summed E-state index contributed by atoms with van der Waals surface area (Å²) >= 11 is 6.27. The van der Waals surface area contributed by atoms with Crippen LogP contribution in [0.5, 0.6) is 0 Å². The van der Waals surface area contributed by atoms with Gasteiger partial charge in [-0.25, -0.2) is 18.3 Å². The van der Waals surface area contributed by atoms with Gasteiger partial charge in [-0.2, -0.15) is 15.5 Å². The molecule has 1 saturated carbocycles. The summed E-state index contributed by atoms with van der Waals surface area (Å²) in [7, 11) is 1.60. The molecule has 12 heteroatoms. The first-order valence-electron chi connectivity index (χ1n) is 11.4. The van der Waals surface area contributed by atoms with E-state index < -0.39 is 17.2 Å². The third-order valence-electron chi connectivity index (χ3n) is 7.40. The molecule has 1 aliphatic heterocycles. The molecule has 8 nitrogen and oxygen atoms in total. The fourth-order valence-corrected chi connectivity index (χ4v) is 5.46. The van der Waals surface area contributed by atoms with Crippen LogP contribution >= 0.6 is 11.6 Å². The van der Waals surface area contributed by atoms with E-state index in [4.69, 9.17) is 17.3 Å². The molecule has 2 aliphatic rings. The standard InChI is InChI=1S/C25H19ClF3N7O/c1-35-22(16(8-32-35)12-2-3-13-14(4-12)18(7-31)33-34-23(13)37)20-15(6-30)19(5-17(26)21(20)27)36-10-24(11-36)9-25(24,28)29/h2-5,8H,7,9-11,31H2,1H3,(H,34,37). The van der Waals surface area contributed by atoms with Gasteiger partial charge < -0.3 is 10.6 Å². The van der Waals surface area contributed by atoms with Gasteiger partial charge in [-0.05, 0) is 23.8 Å². The molecule has 0 amide bonds. The maximum absolute atomic E-state index is 15.6. The Morgan fingerprint density at radius 2 is 2.00 bits per heavy atom. The van der Waals surface area contributed by atoms with Crippen molar-refractivity contribution in [1.29, 1.82) is 5.26 Å². The molecule has 1 aliphatic carbocycles. The van der Waals surface area contributed by atoms with Crippen LogP contribution in [0, 0.1) is 22.6 Å². The quantitative estimate of drug-likeness (QED) is 0.416. The predicted molar refractivity (Wildman–Crippen MR) is 132 cm³/mol. The van der Waals surface area contributed by atoms with Crippen LogP contribution in [-0.2, 0) is 13.6 Å². The van der Waals surface area contributed by atoms with Crippen molar-refractivity contribution < 1.29 is 13.2 Å². The number of nitrogens with one attached hydrogen (secondary N) is 1. The number of rotatable bonds is 4. The average molecular weight is 526 g/mol. The Morgan fingerprint density at radius 3 is 2.65 bits per heavy atom. The largest absolute Gasteiger partial charge is 0.369 e. The van der Waals surface area contributed by atoms with Crippen molar-refractivity contribution in [2.24, 2.45) is 18.2 Å². The topological polar surface area (TPSA) is 117 Å². The van der Waals surface area contributed by atoms with Gasteiger partial charge in [0.2, 0.25) is 0 Å². The number of nitrogens with zero attached hydrogens (tertiary/aromatic N) is 5. The summed E-state index contributed by atoms with van der Waals surface area (Å²) in [5.74, 6) is -3.55. The third-order valence-corrected chi connectivity index (χ3v) is 7.67. The van der Waals surface area contributed by atoms with Gasteiger partial charge in [0.05, 0.1) is 50.2 Å². The fraction of sp³-hybridized carbons (Fsp3) is 0.280. The number of nitriles is 1. The molecule has 1 spiro atoms. The third kappa shape index (κ3) is 3.29. The predicted octanol–water partition coefficient (Wildman–Crippen LogP) is 3.96. The van der Waals surface area contributed by atoms with Gasteiger partial charge in [-0.1, -0.05) is 17.7 Å². The van der Waals surface area contributed by atoms with E-state index in [9.17, 15) is 18.8 Å². The maximum atomic E-state index is 15.6. The van der Waals surface area contributed by atoms with E-state index in [1.165, 1.54) is 16.9 Å². The van der Waals surface area contributed by atoms with E-state index in [0.717, 1.165) is 0 Å². The summed E-state index contributed by atoms with van der Waals surface area (Å²) in [6.07, 6.45) is 1.32. The lowest BCUT2D eigenvalue weighted by Crippen LogP contribution is -2.51. The minimum absolute atomic E-state index is 0.0212. The number of nitrogens with two attached hydrogens (primary N) is 1. The molecule has 0 atom stereocenters. The molecule has 2 aromatic carbocycles. The van der Waals surface area contributed by atoms with Crippen molar-refractivity contribution in [2.45, 2.75) is 18.9 Å². The smallest absolute Gasteiger partial charge is 0.272 e. The van der Waals surface area contributed by atoms with E-state index in [1.54, 1.807) is 30.1 Å². The Balaban J connectivity index is 1.53. The van der Waals surface area contributed by atoms with Crippen molar-refractivity contribution >= 4 is 28.1 Å². The lowest BCUT2D eigenvalue weighted by Gasteiger charge is -2.42. The number of halogens is 4. The van der Waals surface area contributed by atoms with Crippen molar-refractivity contribution in [3.05, 3.63) is 62.9 Å². The Morgan fingerprint density at radius 1 is 1.27 bits per heavy atom. The zero-order valence-electron chi connectivity index (χ0n) is 19.4. The molecule has 188 valence electrons. The lowest BCUT2D eigenvalue weighted by molar-refractivity contribution is 0.0520. The number of alkyl halides is 2. The fourth-order valence-electron chi connectivity index (χ4n) is 5.26. The summed E-state index contributed by atoms with van der Waals surface area (Å²) in [4.78, 5) is 13.9. The number of aryl methyl sites for hydroxylation is 1. The number of benzene rings is 2. The van der Waals surface area contributed by atoms with Crippen LogP contribution in [0.3, 0.4) is 0 Å². The Bertz CT molecular complexity index is 1720. The highest BCUT2D eigenvalue weighted by Gasteiger charge is 2.76. The van der Waals surface area contributed by atoms with E-state index >= 15 is 4.39 Å². The summed E-state index contributed by atoms with van der Waals surface area (Å²) in [5, 5.41) is 21.5. The molecule has 3 N–H and O–H groups in total. The molecule has 0 unspecified atom stereocenters. The molecule has 37 heavy (non-hydrogen) atoms. The van der Waals surface area contributed by atoms with Gasteiger partial charge in [-0.3, -0.25) is 9.48 Å². The first kappa shape index (κ1) is 23.5. The molecule has 1 saturated heterocycles. The van der Waals surface area contributed by atoms with E-state index in [-0.39, 0.29) is 53.5 Å². The first-order chi connectivity index (χ1) is 17.6. The van der Waals surface area contributed by atoms with Crippen LogP contribution in [0.4, 0.5) is 18.9 Å². The summed E-state index contributed by atoms with van der Waals surface area (Å²) in [5.41, 5.74) is 6.35. The van der Waals surface area contributed by atoms with Crippen LogP contribution in [0.1, 0.15) is 17.7 Å². The number of aromatic nitrogens is 4. The second kappa shape index (κ2) is 7.81. The molecule has 0 radical (unpaired) electrons. The number of aromatic amines is 1. The average Bonchev–Trinajstić information content (AvgIpc) is 3.24. The summed E-state index contributed by atoms with van der Waals surface area (Å²) in [6.45, 7) is 0.197. The van der Waals surface area contributed by atoms with E-state index in [2.05, 4.69) is 21.4 Å². The molecule has 0 bridgehead atoms. The summed E-state index contributed by atoms with van der Waals surface area (Å²) < 4.78 is 44.7. The molecule has 3 heterocycles. The van der Waals surface area contributed by atoms with E-state index in [1.807, 2.05) is 0 Å². The minimum atomic E-state index is -2.73. The van der Waals surface area contributed by atoms with Gasteiger partial charge >= 0.3 is 0 Å². The SMILES string of the molecule is Cn1ncc(-c2ccc3c(=O)[nH]nc(CN)c3c2)c1-c1c(F)c(Cl)cc(N2CC3(C2)CC3(F)F)c1C#N.